The molecule has 0 aromatic heterocycles. The summed E-state index contributed by atoms with van der Waals surface area (Å²) in [5.41, 5.74) is 12.8. The quantitative estimate of drug-likeness (QED) is 0.643. The van der Waals surface area contributed by atoms with Gasteiger partial charge in [0.05, 0.1) is 0 Å². The SMILES string of the molecule is NCCCCC(N)=Cc1ccccc1O. The van der Waals surface area contributed by atoms with E-state index in [1.165, 1.54) is 0 Å². The molecule has 1 aromatic rings. The molecule has 0 radical (unpaired) electrons. The van der Waals surface area contributed by atoms with Gasteiger partial charge in [0, 0.05) is 11.3 Å². The number of unbranched alkanes of at least 4 members (excludes halogenated alkanes) is 1. The van der Waals surface area contributed by atoms with Crippen LogP contribution in [0, 0.1) is 0 Å². The van der Waals surface area contributed by atoms with Crippen LogP contribution in [0.4, 0.5) is 0 Å². The fourth-order valence-corrected chi connectivity index (χ4v) is 1.35. The Labute approximate surface area is 90.4 Å². The van der Waals surface area contributed by atoms with Crippen molar-refractivity contribution >= 4 is 6.08 Å². The molecule has 0 spiro atoms. The predicted molar refractivity (Wildman–Crippen MR) is 63.2 cm³/mol. The van der Waals surface area contributed by atoms with E-state index in [0.717, 1.165) is 30.5 Å². The largest absolute Gasteiger partial charge is 0.507 e. The number of nitrogens with two attached hydrogens (primary N) is 2. The average molecular weight is 206 g/mol. The zero-order chi connectivity index (χ0) is 11.1. The van der Waals surface area contributed by atoms with Crippen molar-refractivity contribution in [1.29, 1.82) is 0 Å². The summed E-state index contributed by atoms with van der Waals surface area (Å²) in [5, 5.41) is 9.51. The van der Waals surface area contributed by atoms with E-state index in [1.807, 2.05) is 18.2 Å². The molecule has 3 heteroatoms. The lowest BCUT2D eigenvalue weighted by Gasteiger charge is -2.02. The molecule has 3 nitrogen and oxygen atoms in total. The number of rotatable bonds is 5. The van der Waals surface area contributed by atoms with Crippen molar-refractivity contribution in [2.24, 2.45) is 11.5 Å². The van der Waals surface area contributed by atoms with Crippen molar-refractivity contribution < 1.29 is 5.11 Å². The Morgan fingerprint density at radius 2 is 2.00 bits per heavy atom. The Balaban J connectivity index is 2.58. The van der Waals surface area contributed by atoms with E-state index in [4.69, 9.17) is 11.5 Å². The molecule has 82 valence electrons. The molecular formula is C12H18N2O. The van der Waals surface area contributed by atoms with E-state index in [9.17, 15) is 5.11 Å². The van der Waals surface area contributed by atoms with E-state index < -0.39 is 0 Å². The zero-order valence-electron chi connectivity index (χ0n) is 8.82. The smallest absolute Gasteiger partial charge is 0.122 e. The maximum Gasteiger partial charge on any atom is 0.122 e. The summed E-state index contributed by atoms with van der Waals surface area (Å²) in [6.07, 6.45) is 4.61. The maximum absolute atomic E-state index is 9.51. The first-order valence-corrected chi connectivity index (χ1v) is 5.18. The summed E-state index contributed by atoms with van der Waals surface area (Å²) >= 11 is 0. The molecule has 0 unspecified atom stereocenters. The third kappa shape index (κ3) is 4.04. The van der Waals surface area contributed by atoms with Gasteiger partial charge in [-0.1, -0.05) is 18.2 Å². The molecule has 5 N–H and O–H groups in total. The Bertz CT molecular complexity index is 334. The Hall–Kier alpha value is -1.48. The normalized spacial score (nSPS) is 11.7. The van der Waals surface area contributed by atoms with E-state index in [-0.39, 0.29) is 5.75 Å². The fraction of sp³-hybridized carbons (Fsp3) is 0.333. The number of phenols is 1. The molecule has 0 saturated heterocycles. The number of aromatic hydroxyl groups is 1. The van der Waals surface area contributed by atoms with Crippen LogP contribution in [0.15, 0.2) is 30.0 Å². The van der Waals surface area contributed by atoms with Crippen LogP contribution in [0.5, 0.6) is 5.75 Å². The highest BCUT2D eigenvalue weighted by Gasteiger charge is 1.97. The van der Waals surface area contributed by atoms with Crippen molar-refractivity contribution in [3.05, 3.63) is 35.5 Å². The highest BCUT2D eigenvalue weighted by atomic mass is 16.3. The van der Waals surface area contributed by atoms with E-state index in [1.54, 1.807) is 12.1 Å². The molecule has 0 amide bonds. The molecule has 0 aliphatic carbocycles. The van der Waals surface area contributed by atoms with E-state index in [0.29, 0.717) is 6.54 Å². The molecular weight excluding hydrogens is 188 g/mol. The first kappa shape index (κ1) is 11.6. The highest BCUT2D eigenvalue weighted by molar-refractivity contribution is 5.58. The van der Waals surface area contributed by atoms with Gasteiger partial charge in [-0.05, 0) is 37.9 Å². The molecule has 1 rings (SSSR count). The van der Waals surface area contributed by atoms with Crippen LogP contribution >= 0.6 is 0 Å². The minimum absolute atomic E-state index is 0.263. The van der Waals surface area contributed by atoms with Gasteiger partial charge in [-0.3, -0.25) is 0 Å². The third-order valence-corrected chi connectivity index (χ3v) is 2.20. The summed E-state index contributed by atoms with van der Waals surface area (Å²) in [4.78, 5) is 0. The van der Waals surface area contributed by atoms with Crippen molar-refractivity contribution in [2.75, 3.05) is 6.54 Å². The second kappa shape index (κ2) is 6.09. The lowest BCUT2D eigenvalue weighted by Crippen LogP contribution is -2.01. The molecule has 0 aliphatic rings. The lowest BCUT2D eigenvalue weighted by atomic mass is 10.1. The number of allylic oxidation sites excluding steroid dienone is 1. The monoisotopic (exact) mass is 206 g/mol. The molecule has 0 heterocycles. The summed E-state index contributed by atoms with van der Waals surface area (Å²) in [5.74, 6) is 0.263. The van der Waals surface area contributed by atoms with Crippen LogP contribution in [-0.2, 0) is 0 Å². The zero-order valence-corrected chi connectivity index (χ0v) is 8.82. The van der Waals surface area contributed by atoms with Gasteiger partial charge in [-0.25, -0.2) is 0 Å². The second-order valence-electron chi connectivity index (χ2n) is 3.52. The van der Waals surface area contributed by atoms with E-state index >= 15 is 0 Å². The molecule has 0 aliphatic heterocycles. The molecule has 0 saturated carbocycles. The number of benzene rings is 1. The van der Waals surface area contributed by atoms with Crippen molar-refractivity contribution in [3.63, 3.8) is 0 Å². The van der Waals surface area contributed by atoms with Gasteiger partial charge < -0.3 is 16.6 Å². The van der Waals surface area contributed by atoms with Crippen LogP contribution in [0.25, 0.3) is 6.08 Å². The predicted octanol–water partition coefficient (Wildman–Crippen LogP) is 1.82. The van der Waals surface area contributed by atoms with Crippen molar-refractivity contribution in [3.8, 4) is 5.75 Å². The van der Waals surface area contributed by atoms with Gasteiger partial charge in [0.1, 0.15) is 5.75 Å². The molecule has 15 heavy (non-hydrogen) atoms. The molecule has 1 aromatic carbocycles. The van der Waals surface area contributed by atoms with Gasteiger partial charge >= 0.3 is 0 Å². The Kier molecular flexibility index (Phi) is 4.71. The summed E-state index contributed by atoms with van der Waals surface area (Å²) < 4.78 is 0. The number of phenolic OH excluding ortho intramolecular Hbond substituents is 1. The Morgan fingerprint density at radius 1 is 1.27 bits per heavy atom. The topological polar surface area (TPSA) is 72.3 Å². The first-order valence-electron chi connectivity index (χ1n) is 5.18. The minimum atomic E-state index is 0.263. The highest BCUT2D eigenvalue weighted by Crippen LogP contribution is 2.18. The minimum Gasteiger partial charge on any atom is -0.507 e. The van der Waals surface area contributed by atoms with Gasteiger partial charge in [0.15, 0.2) is 0 Å². The van der Waals surface area contributed by atoms with Crippen LogP contribution in [-0.4, -0.2) is 11.7 Å². The van der Waals surface area contributed by atoms with Gasteiger partial charge in [-0.15, -0.1) is 0 Å². The van der Waals surface area contributed by atoms with E-state index in [2.05, 4.69) is 0 Å². The molecule has 0 fully saturated rings. The third-order valence-electron chi connectivity index (χ3n) is 2.20. The molecule has 0 atom stereocenters. The van der Waals surface area contributed by atoms with Crippen LogP contribution in [0.2, 0.25) is 0 Å². The van der Waals surface area contributed by atoms with Gasteiger partial charge in [-0.2, -0.15) is 0 Å². The Morgan fingerprint density at radius 3 is 2.67 bits per heavy atom. The number of hydrogen-bond donors (Lipinski definition) is 3. The molecule has 0 bridgehead atoms. The van der Waals surface area contributed by atoms with Gasteiger partial charge in [0.2, 0.25) is 0 Å². The van der Waals surface area contributed by atoms with Crippen molar-refractivity contribution in [2.45, 2.75) is 19.3 Å². The lowest BCUT2D eigenvalue weighted by molar-refractivity contribution is 0.474. The standard InChI is InChI=1S/C12H18N2O/c13-8-4-3-6-11(14)9-10-5-1-2-7-12(10)15/h1-2,5,7,9,15H,3-4,6,8,13-14H2. The van der Waals surface area contributed by atoms with Gasteiger partial charge in [0.25, 0.3) is 0 Å². The second-order valence-corrected chi connectivity index (χ2v) is 3.52. The van der Waals surface area contributed by atoms with Crippen LogP contribution in [0.3, 0.4) is 0 Å². The van der Waals surface area contributed by atoms with Crippen LogP contribution in [0.1, 0.15) is 24.8 Å². The first-order chi connectivity index (χ1) is 7.24. The number of hydrogen-bond acceptors (Lipinski definition) is 3. The fourth-order valence-electron chi connectivity index (χ4n) is 1.35. The van der Waals surface area contributed by atoms with Crippen LogP contribution < -0.4 is 11.5 Å². The maximum atomic E-state index is 9.51. The summed E-state index contributed by atoms with van der Waals surface area (Å²) in [6, 6.07) is 7.15. The van der Waals surface area contributed by atoms with Crippen molar-refractivity contribution in [1.82, 2.24) is 0 Å². The average Bonchev–Trinajstić information content (AvgIpc) is 2.22. The number of para-hydroxylation sites is 1. The summed E-state index contributed by atoms with van der Waals surface area (Å²) in [7, 11) is 0. The summed E-state index contributed by atoms with van der Waals surface area (Å²) in [6.45, 7) is 0.698.